The van der Waals surface area contributed by atoms with E-state index in [2.05, 4.69) is 45.7 Å². The van der Waals surface area contributed by atoms with Gasteiger partial charge in [-0.05, 0) is 36.5 Å². The zero-order valence-electron chi connectivity index (χ0n) is 9.80. The number of hydrogen-bond donors (Lipinski definition) is 0. The van der Waals surface area contributed by atoms with Crippen molar-refractivity contribution in [2.24, 2.45) is 5.41 Å². The molecule has 0 saturated heterocycles. The number of rotatable bonds is 6. The minimum Gasteiger partial charge on any atom is -0.494 e. The summed E-state index contributed by atoms with van der Waals surface area (Å²) in [5, 5.41) is 1.03. The fourth-order valence-corrected chi connectivity index (χ4v) is 2.37. The van der Waals surface area contributed by atoms with Crippen LogP contribution < -0.4 is 4.74 Å². The standard InChI is InChI=1S/C13H18Br2O/c1-3-13(2,10-14)7-8-16-12-6-4-5-11(15)9-12/h4-6,9H,3,7-8,10H2,1-2H3. The SMILES string of the molecule is CCC(C)(CBr)CCOc1cccc(Br)c1. The minimum absolute atomic E-state index is 0.339. The lowest BCUT2D eigenvalue weighted by Crippen LogP contribution is -2.20. The second-order valence-corrected chi connectivity index (χ2v) is 5.83. The van der Waals surface area contributed by atoms with E-state index in [0.717, 1.165) is 28.6 Å². The van der Waals surface area contributed by atoms with Crippen LogP contribution in [0.4, 0.5) is 0 Å². The third-order valence-corrected chi connectivity index (χ3v) is 4.79. The van der Waals surface area contributed by atoms with Crippen LogP contribution in [0.25, 0.3) is 0 Å². The average Bonchev–Trinajstić information content (AvgIpc) is 2.29. The monoisotopic (exact) mass is 348 g/mol. The zero-order chi connectivity index (χ0) is 12.0. The molecule has 0 fully saturated rings. The van der Waals surface area contributed by atoms with Crippen LogP contribution in [0.5, 0.6) is 5.75 Å². The number of alkyl halides is 1. The highest BCUT2D eigenvalue weighted by atomic mass is 79.9. The molecule has 0 saturated carbocycles. The molecule has 1 aromatic carbocycles. The van der Waals surface area contributed by atoms with Crippen LogP contribution in [0.2, 0.25) is 0 Å². The molecule has 1 atom stereocenters. The lowest BCUT2D eigenvalue weighted by Gasteiger charge is -2.25. The molecule has 1 unspecified atom stereocenters. The summed E-state index contributed by atoms with van der Waals surface area (Å²) >= 11 is 7.00. The van der Waals surface area contributed by atoms with Gasteiger partial charge in [0.05, 0.1) is 6.61 Å². The summed E-state index contributed by atoms with van der Waals surface area (Å²) in [5.41, 5.74) is 0.339. The van der Waals surface area contributed by atoms with Crippen LogP contribution in [0, 0.1) is 5.41 Å². The van der Waals surface area contributed by atoms with Gasteiger partial charge < -0.3 is 4.74 Å². The average molecular weight is 350 g/mol. The van der Waals surface area contributed by atoms with Crippen molar-refractivity contribution in [1.82, 2.24) is 0 Å². The molecule has 90 valence electrons. The maximum Gasteiger partial charge on any atom is 0.120 e. The first kappa shape index (κ1) is 14.0. The van der Waals surface area contributed by atoms with Crippen LogP contribution in [0.15, 0.2) is 28.7 Å². The fourth-order valence-electron chi connectivity index (χ4n) is 1.31. The second kappa shape index (κ2) is 6.65. The van der Waals surface area contributed by atoms with Crippen molar-refractivity contribution in [3.05, 3.63) is 28.7 Å². The summed E-state index contributed by atoms with van der Waals surface area (Å²) in [6, 6.07) is 7.98. The predicted octanol–water partition coefficient (Wildman–Crippen LogP) is 5.03. The number of halogens is 2. The molecule has 0 aliphatic carbocycles. The van der Waals surface area contributed by atoms with E-state index in [0.29, 0.717) is 5.41 Å². The third kappa shape index (κ3) is 4.46. The Labute approximate surface area is 115 Å². The van der Waals surface area contributed by atoms with E-state index in [9.17, 15) is 0 Å². The fraction of sp³-hybridized carbons (Fsp3) is 0.538. The molecular formula is C13H18Br2O. The molecule has 0 aliphatic heterocycles. The molecule has 3 heteroatoms. The molecule has 0 heterocycles. The molecule has 0 aromatic heterocycles. The van der Waals surface area contributed by atoms with Gasteiger partial charge >= 0.3 is 0 Å². The van der Waals surface area contributed by atoms with E-state index in [4.69, 9.17) is 4.74 Å². The zero-order valence-corrected chi connectivity index (χ0v) is 13.0. The minimum atomic E-state index is 0.339. The van der Waals surface area contributed by atoms with Gasteiger partial charge in [-0.1, -0.05) is 51.8 Å². The highest BCUT2D eigenvalue weighted by Crippen LogP contribution is 2.28. The van der Waals surface area contributed by atoms with Gasteiger partial charge in [0.15, 0.2) is 0 Å². The van der Waals surface area contributed by atoms with Crippen LogP contribution in [0.1, 0.15) is 26.7 Å². The van der Waals surface area contributed by atoms with Gasteiger partial charge in [0.25, 0.3) is 0 Å². The van der Waals surface area contributed by atoms with E-state index in [1.807, 2.05) is 24.3 Å². The lowest BCUT2D eigenvalue weighted by molar-refractivity contribution is 0.228. The predicted molar refractivity (Wildman–Crippen MR) is 76.4 cm³/mol. The van der Waals surface area contributed by atoms with E-state index in [1.165, 1.54) is 6.42 Å². The molecule has 0 N–H and O–H groups in total. The molecule has 0 amide bonds. The van der Waals surface area contributed by atoms with Crippen molar-refractivity contribution in [1.29, 1.82) is 0 Å². The van der Waals surface area contributed by atoms with Gasteiger partial charge in [-0.2, -0.15) is 0 Å². The number of benzene rings is 1. The van der Waals surface area contributed by atoms with Gasteiger partial charge in [-0.25, -0.2) is 0 Å². The normalized spacial score (nSPS) is 14.5. The molecule has 0 radical (unpaired) electrons. The quantitative estimate of drug-likeness (QED) is 0.654. The Morgan fingerprint density at radius 1 is 1.38 bits per heavy atom. The molecule has 1 aromatic rings. The first-order valence-corrected chi connectivity index (χ1v) is 7.45. The van der Waals surface area contributed by atoms with Crippen LogP contribution in [-0.4, -0.2) is 11.9 Å². The van der Waals surface area contributed by atoms with Gasteiger partial charge in [0.1, 0.15) is 5.75 Å². The van der Waals surface area contributed by atoms with Gasteiger partial charge in [0.2, 0.25) is 0 Å². The number of ether oxygens (including phenoxy) is 1. The van der Waals surface area contributed by atoms with Crippen molar-refractivity contribution in [3.63, 3.8) is 0 Å². The number of hydrogen-bond acceptors (Lipinski definition) is 1. The summed E-state index contributed by atoms with van der Waals surface area (Å²) in [5.74, 6) is 0.933. The summed E-state index contributed by atoms with van der Waals surface area (Å²) in [6.07, 6.45) is 2.24. The molecule has 1 rings (SSSR count). The Kier molecular flexibility index (Phi) is 5.84. The van der Waals surface area contributed by atoms with Crippen molar-refractivity contribution >= 4 is 31.9 Å². The van der Waals surface area contributed by atoms with Gasteiger partial charge in [0, 0.05) is 9.80 Å². The highest BCUT2D eigenvalue weighted by Gasteiger charge is 2.20. The van der Waals surface area contributed by atoms with E-state index >= 15 is 0 Å². The molecule has 0 bridgehead atoms. The van der Waals surface area contributed by atoms with Crippen molar-refractivity contribution in [3.8, 4) is 5.75 Å². The smallest absolute Gasteiger partial charge is 0.120 e. The molecule has 0 spiro atoms. The van der Waals surface area contributed by atoms with E-state index < -0.39 is 0 Å². The molecule has 0 aliphatic rings. The largest absolute Gasteiger partial charge is 0.494 e. The van der Waals surface area contributed by atoms with Crippen LogP contribution in [-0.2, 0) is 0 Å². The Morgan fingerprint density at radius 3 is 2.69 bits per heavy atom. The van der Waals surface area contributed by atoms with Crippen LogP contribution >= 0.6 is 31.9 Å². The Bertz CT molecular complexity index is 321. The maximum atomic E-state index is 5.74. The van der Waals surface area contributed by atoms with E-state index in [-0.39, 0.29) is 0 Å². The Morgan fingerprint density at radius 2 is 2.12 bits per heavy atom. The van der Waals surface area contributed by atoms with E-state index in [1.54, 1.807) is 0 Å². The Balaban J connectivity index is 2.41. The van der Waals surface area contributed by atoms with Gasteiger partial charge in [-0.15, -0.1) is 0 Å². The van der Waals surface area contributed by atoms with Crippen molar-refractivity contribution < 1.29 is 4.74 Å². The molecule has 16 heavy (non-hydrogen) atoms. The highest BCUT2D eigenvalue weighted by molar-refractivity contribution is 9.10. The van der Waals surface area contributed by atoms with Crippen LogP contribution in [0.3, 0.4) is 0 Å². The summed E-state index contributed by atoms with van der Waals surface area (Å²) in [7, 11) is 0. The second-order valence-electron chi connectivity index (χ2n) is 4.35. The van der Waals surface area contributed by atoms with Gasteiger partial charge in [-0.3, -0.25) is 0 Å². The molecular weight excluding hydrogens is 332 g/mol. The molecule has 1 nitrogen and oxygen atoms in total. The first-order chi connectivity index (χ1) is 7.59. The summed E-state index contributed by atoms with van der Waals surface area (Å²) in [4.78, 5) is 0. The topological polar surface area (TPSA) is 9.23 Å². The first-order valence-electron chi connectivity index (χ1n) is 5.54. The van der Waals surface area contributed by atoms with Crippen molar-refractivity contribution in [2.45, 2.75) is 26.7 Å². The van der Waals surface area contributed by atoms with Crippen molar-refractivity contribution in [2.75, 3.05) is 11.9 Å². The third-order valence-electron chi connectivity index (χ3n) is 2.95. The Hall–Kier alpha value is -0.0200. The lowest BCUT2D eigenvalue weighted by atomic mass is 9.87. The summed E-state index contributed by atoms with van der Waals surface area (Å²) in [6.45, 7) is 5.28. The summed E-state index contributed by atoms with van der Waals surface area (Å²) < 4.78 is 6.79. The maximum absolute atomic E-state index is 5.74.